The average molecular weight is 290 g/mol. The Morgan fingerprint density at radius 1 is 1.16 bits per heavy atom. The highest BCUT2D eigenvalue weighted by atomic mass is 32.2. The van der Waals surface area contributed by atoms with Crippen LogP contribution >= 0.6 is 24.0 Å². The molecule has 0 amide bonds. The molecular weight excluding hydrogens is 279 g/mol. The van der Waals surface area contributed by atoms with E-state index < -0.39 is 0 Å². The van der Waals surface area contributed by atoms with Crippen LogP contribution in [0.4, 0.5) is 4.39 Å². The molecule has 2 nitrogen and oxygen atoms in total. The van der Waals surface area contributed by atoms with E-state index in [1.165, 1.54) is 17.0 Å². The number of nitrogens with one attached hydrogen (secondary N) is 1. The molecule has 3 aromatic rings. The van der Waals surface area contributed by atoms with E-state index in [4.69, 9.17) is 12.2 Å². The summed E-state index contributed by atoms with van der Waals surface area (Å²) in [4.78, 5) is 4.22. The summed E-state index contributed by atoms with van der Waals surface area (Å²) in [6, 6.07) is 12.7. The topological polar surface area (TPSA) is 20.7 Å². The van der Waals surface area contributed by atoms with Crippen molar-refractivity contribution in [1.82, 2.24) is 9.55 Å². The van der Waals surface area contributed by atoms with E-state index in [-0.39, 0.29) is 5.82 Å². The summed E-state index contributed by atoms with van der Waals surface area (Å²) < 4.78 is 15.7. The molecular formula is C14H11FN2S2. The second kappa shape index (κ2) is 4.83. The summed E-state index contributed by atoms with van der Waals surface area (Å²) in [5, 5.41) is 0. The number of aromatic amines is 1. The molecule has 0 aliphatic rings. The van der Waals surface area contributed by atoms with Gasteiger partial charge in [-0.05, 0) is 60.9 Å². The third-order valence-electron chi connectivity index (χ3n) is 2.97. The number of halogens is 1. The number of nitrogens with zero attached hydrogens (tertiary/aromatic N) is 1. The smallest absolute Gasteiger partial charge is 0.182 e. The lowest BCUT2D eigenvalue weighted by atomic mass is 10.2. The van der Waals surface area contributed by atoms with Gasteiger partial charge in [-0.2, -0.15) is 0 Å². The summed E-state index contributed by atoms with van der Waals surface area (Å²) in [6.07, 6.45) is 2.04. The minimum atomic E-state index is -0.270. The minimum Gasteiger partial charge on any atom is -0.330 e. The van der Waals surface area contributed by atoms with Crippen LogP contribution in [0.15, 0.2) is 47.4 Å². The van der Waals surface area contributed by atoms with Gasteiger partial charge >= 0.3 is 0 Å². The Kier molecular flexibility index (Phi) is 3.16. The number of hydrogen-bond acceptors (Lipinski definition) is 2. The molecule has 1 N–H and O–H groups in total. The molecule has 0 fully saturated rings. The highest BCUT2D eigenvalue weighted by molar-refractivity contribution is 7.98. The molecule has 0 aliphatic carbocycles. The molecule has 0 saturated carbocycles. The SMILES string of the molecule is CSc1ccc(-n2c(=S)[nH]c3cc(F)ccc32)cc1. The van der Waals surface area contributed by atoms with Crippen molar-refractivity contribution >= 4 is 35.0 Å². The summed E-state index contributed by atoms with van der Waals surface area (Å²) in [5.41, 5.74) is 2.56. The second-order valence-corrected chi connectivity index (χ2v) is 5.39. The average Bonchev–Trinajstić information content (AvgIpc) is 2.74. The van der Waals surface area contributed by atoms with Crippen molar-refractivity contribution < 1.29 is 4.39 Å². The zero-order valence-electron chi connectivity index (χ0n) is 10.2. The highest BCUT2D eigenvalue weighted by Gasteiger charge is 2.07. The lowest BCUT2D eigenvalue weighted by molar-refractivity contribution is 0.629. The van der Waals surface area contributed by atoms with E-state index >= 15 is 0 Å². The molecule has 0 bridgehead atoms. The van der Waals surface area contributed by atoms with Crippen LogP contribution in [0.5, 0.6) is 0 Å². The Morgan fingerprint density at radius 2 is 1.89 bits per heavy atom. The van der Waals surface area contributed by atoms with Gasteiger partial charge in [0, 0.05) is 10.6 Å². The monoisotopic (exact) mass is 290 g/mol. The maximum Gasteiger partial charge on any atom is 0.182 e. The number of aromatic nitrogens is 2. The summed E-state index contributed by atoms with van der Waals surface area (Å²) in [6.45, 7) is 0. The quantitative estimate of drug-likeness (QED) is 0.552. The summed E-state index contributed by atoms with van der Waals surface area (Å²) in [5.74, 6) is -0.270. The van der Waals surface area contributed by atoms with Crippen molar-refractivity contribution in [1.29, 1.82) is 0 Å². The maximum atomic E-state index is 13.2. The molecule has 5 heteroatoms. The van der Waals surface area contributed by atoms with Crippen molar-refractivity contribution in [3.05, 3.63) is 53.1 Å². The number of hydrogen-bond donors (Lipinski definition) is 1. The fourth-order valence-corrected chi connectivity index (χ4v) is 2.79. The molecule has 19 heavy (non-hydrogen) atoms. The van der Waals surface area contributed by atoms with E-state index in [0.717, 1.165) is 11.2 Å². The first kappa shape index (κ1) is 12.4. The Balaban J connectivity index is 2.23. The van der Waals surface area contributed by atoms with Gasteiger partial charge in [-0.3, -0.25) is 4.57 Å². The van der Waals surface area contributed by atoms with Gasteiger partial charge in [0.25, 0.3) is 0 Å². The Morgan fingerprint density at radius 3 is 2.58 bits per heavy atom. The minimum absolute atomic E-state index is 0.270. The molecule has 3 rings (SSSR count). The van der Waals surface area contributed by atoms with Gasteiger partial charge in [0.15, 0.2) is 4.77 Å². The van der Waals surface area contributed by atoms with Gasteiger partial charge < -0.3 is 4.98 Å². The van der Waals surface area contributed by atoms with Crippen LogP contribution in [-0.4, -0.2) is 15.8 Å². The van der Waals surface area contributed by atoms with Crippen molar-refractivity contribution in [3.8, 4) is 5.69 Å². The van der Waals surface area contributed by atoms with Gasteiger partial charge in [-0.15, -0.1) is 11.8 Å². The number of benzene rings is 2. The number of H-pyrrole nitrogens is 1. The fraction of sp³-hybridized carbons (Fsp3) is 0.0714. The van der Waals surface area contributed by atoms with Crippen molar-refractivity contribution in [3.63, 3.8) is 0 Å². The van der Waals surface area contributed by atoms with Crippen molar-refractivity contribution in [2.24, 2.45) is 0 Å². The Labute approximate surface area is 119 Å². The van der Waals surface area contributed by atoms with Crippen LogP contribution in [0.25, 0.3) is 16.7 Å². The first-order valence-electron chi connectivity index (χ1n) is 5.74. The number of fused-ring (bicyclic) bond motifs is 1. The molecule has 0 spiro atoms. The summed E-state index contributed by atoms with van der Waals surface area (Å²) >= 11 is 7.01. The predicted molar refractivity (Wildman–Crippen MR) is 80.2 cm³/mol. The van der Waals surface area contributed by atoms with Crippen molar-refractivity contribution in [2.75, 3.05) is 6.26 Å². The predicted octanol–water partition coefficient (Wildman–Crippen LogP) is 4.55. The first-order valence-corrected chi connectivity index (χ1v) is 7.37. The molecule has 1 heterocycles. The molecule has 1 aromatic heterocycles. The number of rotatable bonds is 2. The molecule has 0 unspecified atom stereocenters. The van der Waals surface area contributed by atoms with Crippen LogP contribution in [0.2, 0.25) is 0 Å². The lowest BCUT2D eigenvalue weighted by Gasteiger charge is -2.05. The summed E-state index contributed by atoms with van der Waals surface area (Å²) in [7, 11) is 0. The highest BCUT2D eigenvalue weighted by Crippen LogP contribution is 2.22. The van der Waals surface area contributed by atoms with Gasteiger partial charge in [0.2, 0.25) is 0 Å². The van der Waals surface area contributed by atoms with Crippen LogP contribution in [0.1, 0.15) is 0 Å². The maximum absolute atomic E-state index is 13.2. The number of imidazole rings is 1. The largest absolute Gasteiger partial charge is 0.330 e. The van der Waals surface area contributed by atoms with E-state index in [2.05, 4.69) is 4.98 Å². The first-order chi connectivity index (χ1) is 9.19. The third-order valence-corrected chi connectivity index (χ3v) is 4.00. The van der Waals surface area contributed by atoms with Gasteiger partial charge in [0.05, 0.1) is 11.0 Å². The van der Waals surface area contributed by atoms with Crippen LogP contribution in [-0.2, 0) is 0 Å². The second-order valence-electron chi connectivity index (χ2n) is 4.13. The Bertz CT molecular complexity index is 787. The molecule has 0 atom stereocenters. The van der Waals surface area contributed by atoms with Gasteiger partial charge in [-0.1, -0.05) is 0 Å². The van der Waals surface area contributed by atoms with E-state index in [1.807, 2.05) is 35.1 Å². The normalized spacial score (nSPS) is 11.1. The molecule has 0 radical (unpaired) electrons. The van der Waals surface area contributed by atoms with Crippen LogP contribution in [0.3, 0.4) is 0 Å². The van der Waals surface area contributed by atoms with Crippen LogP contribution in [0, 0.1) is 10.6 Å². The third kappa shape index (κ3) is 2.19. The molecule has 0 saturated heterocycles. The standard InChI is InChI=1S/C14H11FN2S2/c1-19-11-5-3-10(4-6-11)17-13-7-2-9(15)8-12(13)16-14(17)18/h2-8H,1H3,(H,16,18). The molecule has 96 valence electrons. The van der Waals surface area contributed by atoms with Gasteiger partial charge in [0.1, 0.15) is 5.82 Å². The Hall–Kier alpha value is -1.59. The molecule has 2 aromatic carbocycles. The van der Waals surface area contributed by atoms with E-state index in [9.17, 15) is 4.39 Å². The van der Waals surface area contributed by atoms with E-state index in [1.54, 1.807) is 17.8 Å². The lowest BCUT2D eigenvalue weighted by Crippen LogP contribution is -1.93. The van der Waals surface area contributed by atoms with E-state index in [0.29, 0.717) is 10.3 Å². The number of thioether (sulfide) groups is 1. The van der Waals surface area contributed by atoms with Crippen molar-refractivity contribution in [2.45, 2.75) is 4.90 Å². The van der Waals surface area contributed by atoms with Crippen LogP contribution < -0.4 is 0 Å². The fourth-order valence-electron chi connectivity index (χ4n) is 2.07. The van der Waals surface area contributed by atoms with Gasteiger partial charge in [-0.25, -0.2) is 4.39 Å². The molecule has 0 aliphatic heterocycles. The zero-order chi connectivity index (χ0) is 13.4. The zero-order valence-corrected chi connectivity index (χ0v) is 11.8.